The van der Waals surface area contributed by atoms with Gasteiger partial charge in [0, 0.05) is 12.7 Å². The summed E-state index contributed by atoms with van der Waals surface area (Å²) in [6.45, 7) is 0.868. The monoisotopic (exact) mass is 231 g/mol. The molecule has 2 rings (SSSR count). The van der Waals surface area contributed by atoms with Crippen LogP contribution in [0.1, 0.15) is 5.56 Å². The van der Waals surface area contributed by atoms with E-state index < -0.39 is 0 Å². The molecule has 0 radical (unpaired) electrons. The Hall–Kier alpha value is -1.58. The van der Waals surface area contributed by atoms with Gasteiger partial charge in [-0.25, -0.2) is 0 Å². The van der Waals surface area contributed by atoms with Crippen molar-refractivity contribution < 1.29 is 9.47 Å². The fourth-order valence-electron chi connectivity index (χ4n) is 1.98. The van der Waals surface area contributed by atoms with Gasteiger partial charge in [0.1, 0.15) is 5.75 Å². The van der Waals surface area contributed by atoms with Crippen LogP contribution in [0.3, 0.4) is 0 Å². The highest BCUT2D eigenvalue weighted by Gasteiger charge is 2.07. The highest BCUT2D eigenvalue weighted by molar-refractivity contribution is 5.87. The van der Waals surface area contributed by atoms with Crippen molar-refractivity contribution in [2.24, 2.45) is 5.73 Å². The first-order valence-electron chi connectivity index (χ1n) is 5.69. The average molecular weight is 231 g/mol. The van der Waals surface area contributed by atoms with Crippen LogP contribution in [-0.2, 0) is 11.2 Å². The van der Waals surface area contributed by atoms with Crippen molar-refractivity contribution in [1.82, 2.24) is 0 Å². The van der Waals surface area contributed by atoms with E-state index in [-0.39, 0.29) is 6.79 Å². The van der Waals surface area contributed by atoms with E-state index in [1.165, 1.54) is 10.8 Å². The first kappa shape index (κ1) is 11.9. The van der Waals surface area contributed by atoms with Crippen LogP contribution in [-0.4, -0.2) is 20.4 Å². The minimum Gasteiger partial charge on any atom is -0.467 e. The van der Waals surface area contributed by atoms with Crippen LogP contribution < -0.4 is 10.5 Å². The van der Waals surface area contributed by atoms with Gasteiger partial charge in [-0.05, 0) is 29.8 Å². The number of rotatable bonds is 5. The molecule has 90 valence electrons. The number of ether oxygens (including phenoxy) is 2. The predicted molar refractivity (Wildman–Crippen MR) is 69.2 cm³/mol. The van der Waals surface area contributed by atoms with Gasteiger partial charge in [-0.2, -0.15) is 0 Å². The van der Waals surface area contributed by atoms with Crippen LogP contribution >= 0.6 is 0 Å². The maximum absolute atomic E-state index is 5.66. The molecule has 0 bridgehead atoms. The molecule has 0 heterocycles. The molecule has 0 unspecified atom stereocenters. The molecule has 0 atom stereocenters. The lowest BCUT2D eigenvalue weighted by Gasteiger charge is -2.13. The van der Waals surface area contributed by atoms with Crippen LogP contribution in [0.2, 0.25) is 0 Å². The van der Waals surface area contributed by atoms with Crippen LogP contribution in [0.4, 0.5) is 0 Å². The lowest BCUT2D eigenvalue weighted by Crippen LogP contribution is -2.07. The van der Waals surface area contributed by atoms with Crippen molar-refractivity contribution in [3.05, 3.63) is 42.0 Å². The molecule has 3 heteroatoms. The maximum atomic E-state index is 5.66. The van der Waals surface area contributed by atoms with Crippen LogP contribution in [0.5, 0.6) is 5.75 Å². The molecule has 17 heavy (non-hydrogen) atoms. The third-order valence-electron chi connectivity index (χ3n) is 2.72. The Labute approximate surface area is 101 Å². The summed E-state index contributed by atoms with van der Waals surface area (Å²) in [6, 6.07) is 12.3. The Balaban J connectivity index is 2.47. The summed E-state index contributed by atoms with van der Waals surface area (Å²) in [7, 11) is 1.61. The minimum atomic E-state index is 0.260. The van der Waals surface area contributed by atoms with Crippen molar-refractivity contribution in [1.29, 1.82) is 0 Å². The van der Waals surface area contributed by atoms with E-state index in [1.54, 1.807) is 7.11 Å². The van der Waals surface area contributed by atoms with Gasteiger partial charge in [0.15, 0.2) is 6.79 Å². The average Bonchev–Trinajstić information content (AvgIpc) is 2.38. The molecule has 2 aromatic carbocycles. The normalized spacial score (nSPS) is 10.7. The zero-order valence-corrected chi connectivity index (χ0v) is 9.98. The van der Waals surface area contributed by atoms with E-state index in [0.717, 1.165) is 17.7 Å². The molecule has 3 nitrogen and oxygen atoms in total. The third kappa shape index (κ3) is 2.57. The van der Waals surface area contributed by atoms with Gasteiger partial charge in [0.05, 0.1) is 0 Å². The highest BCUT2D eigenvalue weighted by Crippen LogP contribution is 2.28. The van der Waals surface area contributed by atoms with Crippen molar-refractivity contribution in [3.8, 4) is 5.75 Å². The highest BCUT2D eigenvalue weighted by atomic mass is 16.7. The lowest BCUT2D eigenvalue weighted by atomic mass is 10.0. The Bertz CT molecular complexity index is 497. The minimum absolute atomic E-state index is 0.260. The quantitative estimate of drug-likeness (QED) is 0.803. The first-order valence-corrected chi connectivity index (χ1v) is 5.69. The zero-order valence-electron chi connectivity index (χ0n) is 9.98. The third-order valence-corrected chi connectivity index (χ3v) is 2.72. The summed E-state index contributed by atoms with van der Waals surface area (Å²) in [5.74, 6) is 0.857. The molecular weight excluding hydrogens is 214 g/mol. The van der Waals surface area contributed by atoms with Gasteiger partial charge in [0.2, 0.25) is 0 Å². The largest absolute Gasteiger partial charge is 0.467 e. The molecule has 0 spiro atoms. The fourth-order valence-corrected chi connectivity index (χ4v) is 1.98. The number of benzene rings is 2. The number of methoxy groups -OCH3 is 1. The summed E-state index contributed by atoms with van der Waals surface area (Å²) < 4.78 is 10.5. The second-order valence-corrected chi connectivity index (χ2v) is 3.85. The second-order valence-electron chi connectivity index (χ2n) is 3.85. The molecule has 0 aliphatic heterocycles. The second kappa shape index (κ2) is 5.66. The van der Waals surface area contributed by atoms with Crippen molar-refractivity contribution in [2.75, 3.05) is 20.4 Å². The zero-order chi connectivity index (χ0) is 12.1. The fraction of sp³-hybridized carbons (Fsp3) is 0.286. The molecule has 0 saturated heterocycles. The van der Waals surface area contributed by atoms with Gasteiger partial charge in [-0.1, -0.05) is 30.3 Å². The molecule has 2 aromatic rings. The van der Waals surface area contributed by atoms with Gasteiger partial charge < -0.3 is 15.2 Å². The van der Waals surface area contributed by atoms with Crippen molar-refractivity contribution in [3.63, 3.8) is 0 Å². The maximum Gasteiger partial charge on any atom is 0.188 e. The number of hydrogen-bond donors (Lipinski definition) is 1. The Kier molecular flexibility index (Phi) is 3.96. The number of fused-ring (bicyclic) bond motifs is 1. The standard InChI is InChI=1S/C14H17NO2/c1-16-10-17-14-7-6-11-4-2-3-5-12(11)13(14)8-9-15/h2-7H,8-10,15H2,1H3. The molecule has 0 aliphatic rings. The summed E-state index contributed by atoms with van der Waals surface area (Å²) in [4.78, 5) is 0. The molecule has 0 saturated carbocycles. The Morgan fingerprint density at radius 3 is 2.71 bits per heavy atom. The SMILES string of the molecule is COCOc1ccc2ccccc2c1CCN. The summed E-state index contributed by atoms with van der Waals surface area (Å²) in [5, 5.41) is 2.41. The Morgan fingerprint density at radius 1 is 1.12 bits per heavy atom. The summed E-state index contributed by atoms with van der Waals surface area (Å²) in [5.41, 5.74) is 6.82. The predicted octanol–water partition coefficient (Wildman–Crippen LogP) is 2.32. The van der Waals surface area contributed by atoms with Crippen LogP contribution in [0.15, 0.2) is 36.4 Å². The molecule has 0 aliphatic carbocycles. The number of nitrogens with two attached hydrogens (primary N) is 1. The van der Waals surface area contributed by atoms with E-state index in [9.17, 15) is 0 Å². The van der Waals surface area contributed by atoms with E-state index in [0.29, 0.717) is 6.54 Å². The molecular formula is C14H17NO2. The van der Waals surface area contributed by atoms with Crippen LogP contribution in [0.25, 0.3) is 10.8 Å². The number of hydrogen-bond acceptors (Lipinski definition) is 3. The summed E-state index contributed by atoms with van der Waals surface area (Å²) >= 11 is 0. The van der Waals surface area contributed by atoms with E-state index >= 15 is 0 Å². The van der Waals surface area contributed by atoms with E-state index in [2.05, 4.69) is 18.2 Å². The molecule has 2 N–H and O–H groups in total. The van der Waals surface area contributed by atoms with Gasteiger partial charge >= 0.3 is 0 Å². The van der Waals surface area contributed by atoms with Gasteiger partial charge in [-0.15, -0.1) is 0 Å². The van der Waals surface area contributed by atoms with E-state index in [1.807, 2.05) is 18.2 Å². The smallest absolute Gasteiger partial charge is 0.188 e. The topological polar surface area (TPSA) is 44.5 Å². The molecule has 0 aromatic heterocycles. The van der Waals surface area contributed by atoms with Crippen molar-refractivity contribution >= 4 is 10.8 Å². The van der Waals surface area contributed by atoms with Crippen molar-refractivity contribution in [2.45, 2.75) is 6.42 Å². The lowest BCUT2D eigenvalue weighted by molar-refractivity contribution is 0.0506. The van der Waals surface area contributed by atoms with Crippen LogP contribution in [0, 0.1) is 0 Å². The first-order chi connectivity index (χ1) is 8.36. The van der Waals surface area contributed by atoms with Gasteiger partial charge in [-0.3, -0.25) is 0 Å². The van der Waals surface area contributed by atoms with E-state index in [4.69, 9.17) is 15.2 Å². The van der Waals surface area contributed by atoms with Gasteiger partial charge in [0.25, 0.3) is 0 Å². The summed E-state index contributed by atoms with van der Waals surface area (Å²) in [6.07, 6.45) is 0.806. The molecule has 0 amide bonds. The Morgan fingerprint density at radius 2 is 1.94 bits per heavy atom. The molecule has 0 fully saturated rings.